The van der Waals surface area contributed by atoms with E-state index in [1.807, 2.05) is 0 Å². The Bertz CT molecular complexity index is 421. The lowest BCUT2D eigenvalue weighted by molar-refractivity contribution is -0.142. The number of carbonyl (C=O) groups excluding carboxylic acids is 1. The summed E-state index contributed by atoms with van der Waals surface area (Å²) in [5, 5.41) is 0. The van der Waals surface area contributed by atoms with E-state index in [1.165, 1.54) is 6.92 Å². The third-order valence-electron chi connectivity index (χ3n) is 2.36. The molecule has 1 aromatic carbocycles. The molecule has 0 aliphatic heterocycles. The summed E-state index contributed by atoms with van der Waals surface area (Å²) in [7, 11) is 0. The van der Waals surface area contributed by atoms with Gasteiger partial charge in [0.05, 0.1) is 5.56 Å². The summed E-state index contributed by atoms with van der Waals surface area (Å²) in [6, 6.07) is 2.74. The smallest absolute Gasteiger partial charge is 0.194 e. The maximum absolute atomic E-state index is 13.4. The summed E-state index contributed by atoms with van der Waals surface area (Å²) < 4.78 is 36.7. The van der Waals surface area contributed by atoms with Crippen molar-refractivity contribution in [3.05, 3.63) is 35.4 Å². The van der Waals surface area contributed by atoms with E-state index in [2.05, 4.69) is 0 Å². The number of Topliss-reactive ketones (excluding diaryl/α,β-unsaturated/α-hetero) is 1. The van der Waals surface area contributed by atoms with Crippen LogP contribution < -0.4 is 0 Å². The van der Waals surface area contributed by atoms with Crippen LogP contribution >= 0.6 is 0 Å². The van der Waals surface area contributed by atoms with Crippen LogP contribution in [-0.2, 0) is 9.47 Å². The number of carbonyl (C=O) groups is 1. The first-order valence-electron chi connectivity index (χ1n) is 5.72. The average Bonchev–Trinajstić information content (AvgIpc) is 2.31. The third-order valence-corrected chi connectivity index (χ3v) is 2.36. The maximum atomic E-state index is 13.4. The Kier molecular flexibility index (Phi) is 5.37. The molecule has 2 unspecified atom stereocenters. The van der Waals surface area contributed by atoms with Crippen molar-refractivity contribution in [2.45, 2.75) is 33.2 Å². The van der Waals surface area contributed by atoms with Crippen molar-refractivity contribution in [1.29, 1.82) is 0 Å². The highest BCUT2D eigenvalue weighted by molar-refractivity contribution is 5.99. The van der Waals surface area contributed by atoms with Gasteiger partial charge in [-0.05, 0) is 39.0 Å². The third kappa shape index (κ3) is 3.85. The van der Waals surface area contributed by atoms with Gasteiger partial charge in [-0.15, -0.1) is 0 Å². The molecule has 0 radical (unpaired) electrons. The lowest BCUT2D eigenvalue weighted by atomic mass is 10.1. The fourth-order valence-corrected chi connectivity index (χ4v) is 1.53. The van der Waals surface area contributed by atoms with Crippen molar-refractivity contribution < 1.29 is 23.0 Å². The van der Waals surface area contributed by atoms with Crippen LogP contribution in [0.4, 0.5) is 8.78 Å². The van der Waals surface area contributed by atoms with Crippen LogP contribution in [0.25, 0.3) is 0 Å². The average molecular weight is 258 g/mol. The molecular weight excluding hydrogens is 242 g/mol. The van der Waals surface area contributed by atoms with E-state index in [0.717, 1.165) is 18.2 Å². The Morgan fingerprint density at radius 2 is 2.00 bits per heavy atom. The fourth-order valence-electron chi connectivity index (χ4n) is 1.53. The second kappa shape index (κ2) is 6.56. The summed E-state index contributed by atoms with van der Waals surface area (Å²) >= 11 is 0. The zero-order chi connectivity index (χ0) is 13.7. The topological polar surface area (TPSA) is 35.5 Å². The summed E-state index contributed by atoms with van der Waals surface area (Å²) in [6.07, 6.45) is -1.48. The number of hydrogen-bond donors (Lipinski definition) is 0. The Hall–Kier alpha value is -1.33. The first kappa shape index (κ1) is 14.7. The predicted molar refractivity (Wildman–Crippen MR) is 62.3 cm³/mol. The van der Waals surface area contributed by atoms with Crippen LogP contribution in [0.5, 0.6) is 0 Å². The summed E-state index contributed by atoms with van der Waals surface area (Å²) in [5.74, 6) is -2.04. The molecule has 0 bridgehead atoms. The number of ether oxygens (including phenoxy) is 2. The van der Waals surface area contributed by atoms with Gasteiger partial charge in [-0.3, -0.25) is 4.79 Å². The minimum atomic E-state index is -0.900. The van der Waals surface area contributed by atoms with Gasteiger partial charge in [-0.25, -0.2) is 8.78 Å². The number of benzene rings is 1. The highest BCUT2D eigenvalue weighted by Gasteiger charge is 2.22. The quantitative estimate of drug-likeness (QED) is 0.581. The van der Waals surface area contributed by atoms with E-state index >= 15 is 0 Å². The molecule has 0 aliphatic carbocycles. The molecular formula is C13H16F2O3. The number of rotatable bonds is 6. The predicted octanol–water partition coefficient (Wildman–Crippen LogP) is 2.94. The van der Waals surface area contributed by atoms with Crippen LogP contribution in [0.15, 0.2) is 18.2 Å². The van der Waals surface area contributed by atoms with Crippen molar-refractivity contribution in [2.75, 3.05) is 6.61 Å². The first-order valence-corrected chi connectivity index (χ1v) is 5.72. The lowest BCUT2D eigenvalue weighted by Gasteiger charge is -2.18. The fraction of sp³-hybridized carbons (Fsp3) is 0.462. The van der Waals surface area contributed by atoms with Gasteiger partial charge in [0.2, 0.25) is 0 Å². The molecule has 0 heterocycles. The van der Waals surface area contributed by atoms with Crippen LogP contribution in [-0.4, -0.2) is 24.8 Å². The van der Waals surface area contributed by atoms with Crippen molar-refractivity contribution >= 4 is 5.78 Å². The molecule has 1 aromatic rings. The molecule has 0 amide bonds. The van der Waals surface area contributed by atoms with Crippen molar-refractivity contribution in [1.82, 2.24) is 0 Å². The Labute approximate surface area is 105 Å². The minimum absolute atomic E-state index is 0.314. The first-order chi connectivity index (χ1) is 8.45. The lowest BCUT2D eigenvalue weighted by Crippen LogP contribution is -2.27. The number of hydrogen-bond acceptors (Lipinski definition) is 3. The van der Waals surface area contributed by atoms with Gasteiger partial charge in [0.1, 0.15) is 17.7 Å². The van der Waals surface area contributed by atoms with Crippen molar-refractivity contribution in [2.24, 2.45) is 0 Å². The molecule has 1 rings (SSSR count). The Balaban J connectivity index is 2.77. The van der Waals surface area contributed by atoms with Gasteiger partial charge in [0.15, 0.2) is 12.1 Å². The Morgan fingerprint density at radius 3 is 2.61 bits per heavy atom. The van der Waals surface area contributed by atoms with E-state index in [9.17, 15) is 13.6 Å². The maximum Gasteiger partial charge on any atom is 0.194 e. The highest BCUT2D eigenvalue weighted by Crippen LogP contribution is 2.14. The zero-order valence-electron chi connectivity index (χ0n) is 10.6. The molecule has 2 atom stereocenters. The molecule has 100 valence electrons. The highest BCUT2D eigenvalue weighted by atomic mass is 19.1. The zero-order valence-corrected chi connectivity index (χ0v) is 10.6. The van der Waals surface area contributed by atoms with Crippen molar-refractivity contribution in [3.63, 3.8) is 0 Å². The normalized spacial score (nSPS) is 14.3. The molecule has 0 aliphatic rings. The molecule has 5 heteroatoms. The van der Waals surface area contributed by atoms with Gasteiger partial charge in [-0.1, -0.05) is 0 Å². The van der Waals surface area contributed by atoms with E-state index in [0.29, 0.717) is 6.61 Å². The van der Waals surface area contributed by atoms with Gasteiger partial charge in [0.25, 0.3) is 0 Å². The summed E-state index contributed by atoms with van der Waals surface area (Å²) in [5.41, 5.74) is -0.314. The molecule has 18 heavy (non-hydrogen) atoms. The Morgan fingerprint density at radius 1 is 1.33 bits per heavy atom. The molecule has 0 N–H and O–H groups in total. The van der Waals surface area contributed by atoms with Gasteiger partial charge in [0, 0.05) is 6.61 Å². The molecule has 3 nitrogen and oxygen atoms in total. The molecule has 0 saturated carbocycles. The summed E-state index contributed by atoms with van der Waals surface area (Å²) in [6.45, 7) is 5.34. The van der Waals surface area contributed by atoms with Gasteiger partial charge in [-0.2, -0.15) is 0 Å². The molecule has 0 aromatic heterocycles. The molecule has 0 spiro atoms. The monoisotopic (exact) mass is 258 g/mol. The number of halogens is 2. The largest absolute Gasteiger partial charge is 0.353 e. The van der Waals surface area contributed by atoms with Gasteiger partial charge < -0.3 is 9.47 Å². The van der Waals surface area contributed by atoms with Crippen molar-refractivity contribution in [3.8, 4) is 0 Å². The van der Waals surface area contributed by atoms with Crippen LogP contribution in [0.3, 0.4) is 0 Å². The summed E-state index contributed by atoms with van der Waals surface area (Å²) in [4.78, 5) is 11.9. The molecule has 0 saturated heterocycles. The van der Waals surface area contributed by atoms with E-state index in [4.69, 9.17) is 9.47 Å². The second-order valence-corrected chi connectivity index (χ2v) is 3.79. The van der Waals surface area contributed by atoms with Crippen LogP contribution in [0, 0.1) is 11.6 Å². The standard InChI is InChI=1S/C13H16F2O3/c1-4-17-9(3)18-8(2)13(16)11-7-10(14)5-6-12(11)15/h5-9H,4H2,1-3H3. The van der Waals surface area contributed by atoms with Crippen LogP contribution in [0.2, 0.25) is 0 Å². The van der Waals surface area contributed by atoms with Crippen LogP contribution in [0.1, 0.15) is 31.1 Å². The number of ketones is 1. The van der Waals surface area contributed by atoms with E-state index in [1.54, 1.807) is 13.8 Å². The van der Waals surface area contributed by atoms with Gasteiger partial charge >= 0.3 is 0 Å². The second-order valence-electron chi connectivity index (χ2n) is 3.79. The molecule has 0 fully saturated rings. The minimum Gasteiger partial charge on any atom is -0.353 e. The van der Waals surface area contributed by atoms with E-state index < -0.39 is 29.8 Å². The van der Waals surface area contributed by atoms with E-state index in [-0.39, 0.29) is 5.56 Å². The SMILES string of the molecule is CCOC(C)OC(C)C(=O)c1cc(F)ccc1F.